The van der Waals surface area contributed by atoms with Gasteiger partial charge in [-0.25, -0.2) is 9.97 Å². The van der Waals surface area contributed by atoms with Gasteiger partial charge in [0.15, 0.2) is 0 Å². The van der Waals surface area contributed by atoms with Crippen LogP contribution in [0.2, 0.25) is 0 Å². The van der Waals surface area contributed by atoms with Gasteiger partial charge in [0.25, 0.3) is 0 Å². The molecular formula is C19H28N4O. The Morgan fingerprint density at radius 2 is 2.17 bits per heavy atom. The van der Waals surface area contributed by atoms with Gasteiger partial charge in [-0.15, -0.1) is 0 Å². The van der Waals surface area contributed by atoms with E-state index in [1.807, 2.05) is 19.3 Å². The van der Waals surface area contributed by atoms with Crippen LogP contribution < -0.4 is 5.32 Å². The molecule has 2 aliphatic rings. The second-order valence-corrected chi connectivity index (χ2v) is 7.12. The monoisotopic (exact) mass is 328 g/mol. The lowest BCUT2D eigenvalue weighted by Crippen LogP contribution is -2.31. The number of nitrogens with zero attached hydrogens (tertiary/aromatic N) is 3. The minimum atomic E-state index is 0.188. The van der Waals surface area contributed by atoms with Gasteiger partial charge in [0, 0.05) is 44.0 Å². The topological polar surface area (TPSA) is 58.1 Å². The fraction of sp³-hybridized carbons (Fsp3) is 0.632. The molecule has 0 aromatic carbocycles. The van der Waals surface area contributed by atoms with Crippen molar-refractivity contribution < 1.29 is 4.79 Å². The highest BCUT2D eigenvalue weighted by atomic mass is 16.1. The van der Waals surface area contributed by atoms with E-state index < -0.39 is 0 Å². The van der Waals surface area contributed by atoms with E-state index in [0.29, 0.717) is 12.3 Å². The smallest absolute Gasteiger partial charge is 0.224 e. The minimum Gasteiger partial charge on any atom is -0.355 e. The summed E-state index contributed by atoms with van der Waals surface area (Å²) in [6.07, 6.45) is 12.6. The maximum atomic E-state index is 12.1. The number of aromatic nitrogens is 2. The summed E-state index contributed by atoms with van der Waals surface area (Å²) in [5.41, 5.74) is 2.49. The SMILES string of the molecule is Cc1ncc(CN2CCC(CNC(=O)CC3=CCCCC3)C2)cn1. The first-order chi connectivity index (χ1) is 11.7. The van der Waals surface area contributed by atoms with Gasteiger partial charge in [-0.3, -0.25) is 9.69 Å². The van der Waals surface area contributed by atoms with Gasteiger partial charge in [-0.05, 0) is 51.5 Å². The molecule has 1 fully saturated rings. The number of likely N-dealkylation sites (tertiary alicyclic amines) is 1. The molecule has 130 valence electrons. The van der Waals surface area contributed by atoms with Gasteiger partial charge in [0.05, 0.1) is 0 Å². The molecule has 1 atom stereocenters. The molecule has 1 aromatic rings. The predicted octanol–water partition coefficient (Wildman–Crippen LogP) is 2.61. The van der Waals surface area contributed by atoms with E-state index in [2.05, 4.69) is 26.3 Å². The van der Waals surface area contributed by atoms with E-state index in [1.54, 1.807) is 0 Å². The number of rotatable bonds is 6. The maximum Gasteiger partial charge on any atom is 0.224 e. The number of aryl methyl sites for hydroxylation is 1. The molecule has 1 saturated heterocycles. The molecule has 1 unspecified atom stereocenters. The van der Waals surface area contributed by atoms with E-state index in [9.17, 15) is 4.79 Å². The molecule has 24 heavy (non-hydrogen) atoms. The second kappa shape index (κ2) is 8.38. The number of nitrogens with one attached hydrogen (secondary N) is 1. The summed E-state index contributed by atoms with van der Waals surface area (Å²) in [4.78, 5) is 23.0. The summed E-state index contributed by atoms with van der Waals surface area (Å²) in [6.45, 7) is 5.72. The largest absolute Gasteiger partial charge is 0.355 e. The molecule has 1 aromatic heterocycles. The van der Waals surface area contributed by atoms with E-state index in [1.165, 1.54) is 18.4 Å². The van der Waals surface area contributed by atoms with Gasteiger partial charge < -0.3 is 5.32 Å². The Hall–Kier alpha value is -1.75. The fourth-order valence-corrected chi connectivity index (χ4v) is 3.57. The Labute approximate surface area is 144 Å². The summed E-state index contributed by atoms with van der Waals surface area (Å²) in [5, 5.41) is 3.13. The molecule has 0 spiro atoms. The van der Waals surface area contributed by atoms with E-state index >= 15 is 0 Å². The third-order valence-electron chi connectivity index (χ3n) is 4.97. The summed E-state index contributed by atoms with van der Waals surface area (Å²) in [5.74, 6) is 1.56. The third kappa shape index (κ3) is 5.13. The molecule has 5 nitrogen and oxygen atoms in total. The van der Waals surface area contributed by atoms with Crippen molar-refractivity contribution in [1.82, 2.24) is 20.2 Å². The number of amides is 1. The fourth-order valence-electron chi connectivity index (χ4n) is 3.57. The summed E-state index contributed by atoms with van der Waals surface area (Å²) < 4.78 is 0. The lowest BCUT2D eigenvalue weighted by molar-refractivity contribution is -0.120. The van der Waals surface area contributed by atoms with Crippen molar-refractivity contribution in [1.29, 1.82) is 0 Å². The number of hydrogen-bond acceptors (Lipinski definition) is 4. The Morgan fingerprint density at radius 1 is 1.33 bits per heavy atom. The van der Waals surface area contributed by atoms with Crippen LogP contribution in [0.1, 0.15) is 49.9 Å². The van der Waals surface area contributed by atoms with Crippen molar-refractivity contribution in [3.8, 4) is 0 Å². The molecule has 1 aliphatic carbocycles. The highest BCUT2D eigenvalue weighted by Gasteiger charge is 2.23. The zero-order chi connectivity index (χ0) is 16.8. The number of carbonyl (C=O) groups is 1. The van der Waals surface area contributed by atoms with Crippen LogP contribution in [-0.4, -0.2) is 40.4 Å². The Bertz CT molecular complexity index is 582. The molecule has 0 saturated carbocycles. The molecule has 0 bridgehead atoms. The summed E-state index contributed by atoms with van der Waals surface area (Å²) in [7, 11) is 0. The van der Waals surface area contributed by atoms with Gasteiger partial charge in [0.2, 0.25) is 5.91 Å². The van der Waals surface area contributed by atoms with Gasteiger partial charge in [0.1, 0.15) is 5.82 Å². The molecular weight excluding hydrogens is 300 g/mol. The van der Waals surface area contributed by atoms with Crippen molar-refractivity contribution in [3.63, 3.8) is 0 Å². The van der Waals surface area contributed by atoms with Crippen LogP contribution in [0.3, 0.4) is 0 Å². The molecule has 0 radical (unpaired) electrons. The summed E-state index contributed by atoms with van der Waals surface area (Å²) >= 11 is 0. The molecule has 2 heterocycles. The van der Waals surface area contributed by atoms with Crippen LogP contribution >= 0.6 is 0 Å². The molecule has 3 rings (SSSR count). The lowest BCUT2D eigenvalue weighted by atomic mass is 9.97. The van der Waals surface area contributed by atoms with Crippen LogP contribution in [0.15, 0.2) is 24.0 Å². The first kappa shape index (κ1) is 17.1. The zero-order valence-electron chi connectivity index (χ0n) is 14.6. The molecule has 1 amide bonds. The van der Waals surface area contributed by atoms with E-state index in [4.69, 9.17) is 0 Å². The van der Waals surface area contributed by atoms with Crippen LogP contribution in [0.5, 0.6) is 0 Å². The highest BCUT2D eigenvalue weighted by molar-refractivity contribution is 5.78. The number of allylic oxidation sites excluding steroid dienone is 1. The second-order valence-electron chi connectivity index (χ2n) is 7.12. The Balaban J connectivity index is 1.37. The standard InChI is InChI=1S/C19H28N4O/c1-15-20-11-18(12-21-15)14-23-8-7-17(13-23)10-22-19(24)9-16-5-3-2-4-6-16/h5,11-12,17H,2-4,6-10,13-14H2,1H3,(H,22,24). The van der Waals surface area contributed by atoms with E-state index in [-0.39, 0.29) is 5.91 Å². The Morgan fingerprint density at radius 3 is 2.92 bits per heavy atom. The molecule has 1 aliphatic heterocycles. The average molecular weight is 328 g/mol. The van der Waals surface area contributed by atoms with Crippen LogP contribution in [0, 0.1) is 12.8 Å². The van der Waals surface area contributed by atoms with Gasteiger partial charge in [-0.1, -0.05) is 11.6 Å². The first-order valence-electron chi connectivity index (χ1n) is 9.13. The number of carbonyl (C=O) groups excluding carboxylic acids is 1. The molecule has 5 heteroatoms. The molecule has 1 N–H and O–H groups in total. The quantitative estimate of drug-likeness (QED) is 0.816. The van der Waals surface area contributed by atoms with Crippen molar-refractivity contribution in [2.45, 2.75) is 52.0 Å². The van der Waals surface area contributed by atoms with E-state index in [0.717, 1.165) is 56.8 Å². The van der Waals surface area contributed by atoms with Crippen LogP contribution in [0.25, 0.3) is 0 Å². The van der Waals surface area contributed by atoms with Crippen LogP contribution in [-0.2, 0) is 11.3 Å². The minimum absolute atomic E-state index is 0.188. The Kier molecular flexibility index (Phi) is 5.96. The third-order valence-corrected chi connectivity index (χ3v) is 4.97. The predicted molar refractivity (Wildman–Crippen MR) is 94.3 cm³/mol. The first-order valence-corrected chi connectivity index (χ1v) is 9.13. The zero-order valence-corrected chi connectivity index (χ0v) is 14.6. The lowest BCUT2D eigenvalue weighted by Gasteiger charge is -2.17. The normalized spacial score (nSPS) is 21.5. The number of hydrogen-bond donors (Lipinski definition) is 1. The van der Waals surface area contributed by atoms with Crippen molar-refractivity contribution in [2.24, 2.45) is 5.92 Å². The average Bonchev–Trinajstić information content (AvgIpc) is 3.04. The highest BCUT2D eigenvalue weighted by Crippen LogP contribution is 2.20. The van der Waals surface area contributed by atoms with Gasteiger partial charge in [-0.2, -0.15) is 0 Å². The summed E-state index contributed by atoms with van der Waals surface area (Å²) in [6, 6.07) is 0. The van der Waals surface area contributed by atoms with Crippen molar-refractivity contribution in [3.05, 3.63) is 35.4 Å². The van der Waals surface area contributed by atoms with Crippen LogP contribution in [0.4, 0.5) is 0 Å². The van der Waals surface area contributed by atoms with Crippen molar-refractivity contribution in [2.75, 3.05) is 19.6 Å². The maximum absolute atomic E-state index is 12.1. The van der Waals surface area contributed by atoms with Gasteiger partial charge >= 0.3 is 0 Å². The van der Waals surface area contributed by atoms with Crippen molar-refractivity contribution >= 4 is 5.91 Å².